The molecule has 0 saturated carbocycles. The Morgan fingerprint density at radius 1 is 1.16 bits per heavy atom. The minimum atomic E-state index is -0.433. The number of hydrogen-bond donors (Lipinski definition) is 1. The van der Waals surface area contributed by atoms with Crippen molar-refractivity contribution in [2.75, 3.05) is 32.8 Å². The molecule has 2 saturated heterocycles. The molecule has 0 spiro atoms. The summed E-state index contributed by atoms with van der Waals surface area (Å²) >= 11 is 6.31. The van der Waals surface area contributed by atoms with Gasteiger partial charge in [-0.15, -0.1) is 0 Å². The smallest absolute Gasteiger partial charge is 0.225 e. The fourth-order valence-corrected chi connectivity index (χ4v) is 4.96. The summed E-state index contributed by atoms with van der Waals surface area (Å²) in [5.41, 5.74) is 1.48. The first-order valence-corrected chi connectivity index (χ1v) is 12.1. The van der Waals surface area contributed by atoms with E-state index < -0.39 is 5.41 Å². The Balaban J connectivity index is 1.78. The quantitative estimate of drug-likeness (QED) is 0.691. The lowest BCUT2D eigenvalue weighted by molar-refractivity contribution is -0.144. The Morgan fingerprint density at radius 2 is 1.78 bits per heavy atom. The van der Waals surface area contributed by atoms with Crippen LogP contribution in [0.15, 0.2) is 12.1 Å². The highest BCUT2D eigenvalue weighted by Crippen LogP contribution is 2.37. The van der Waals surface area contributed by atoms with Crippen molar-refractivity contribution in [3.8, 4) is 5.75 Å². The van der Waals surface area contributed by atoms with Crippen molar-refractivity contribution in [1.29, 1.82) is 0 Å². The zero-order valence-corrected chi connectivity index (χ0v) is 20.6. The summed E-state index contributed by atoms with van der Waals surface area (Å²) in [6.07, 6.45) is 2.96. The van der Waals surface area contributed by atoms with Crippen LogP contribution in [0.4, 0.5) is 0 Å². The second-order valence-electron chi connectivity index (χ2n) is 9.97. The SMILES string of the molecule is Cc1cc(OCC2(CC(=O)N3CCC(O)CC3)CCCN(C(=O)C(C)C)C2)cc(C)c1Cl. The molecule has 2 heterocycles. The van der Waals surface area contributed by atoms with Gasteiger partial charge in [0, 0.05) is 49.0 Å². The second-order valence-corrected chi connectivity index (χ2v) is 10.3. The minimum Gasteiger partial charge on any atom is -0.493 e. The number of likely N-dealkylation sites (tertiary alicyclic amines) is 2. The summed E-state index contributed by atoms with van der Waals surface area (Å²) in [6.45, 7) is 10.5. The molecule has 1 atom stereocenters. The number of piperidine rings is 2. The fraction of sp³-hybridized carbons (Fsp3) is 0.680. The molecule has 0 aromatic heterocycles. The van der Waals surface area contributed by atoms with E-state index in [-0.39, 0.29) is 23.8 Å². The average Bonchev–Trinajstić information content (AvgIpc) is 2.76. The largest absolute Gasteiger partial charge is 0.493 e. The molecule has 2 fully saturated rings. The van der Waals surface area contributed by atoms with Crippen LogP contribution >= 0.6 is 11.6 Å². The number of aliphatic hydroxyl groups excluding tert-OH is 1. The van der Waals surface area contributed by atoms with Crippen molar-refractivity contribution >= 4 is 23.4 Å². The Kier molecular flexibility index (Phi) is 8.10. The van der Waals surface area contributed by atoms with E-state index in [1.54, 1.807) is 0 Å². The highest BCUT2D eigenvalue weighted by molar-refractivity contribution is 6.32. The van der Waals surface area contributed by atoms with Gasteiger partial charge in [0.2, 0.25) is 11.8 Å². The Bertz CT molecular complexity index is 812. The summed E-state index contributed by atoms with van der Waals surface area (Å²) in [5, 5.41) is 10.5. The highest BCUT2D eigenvalue weighted by Gasteiger charge is 2.41. The van der Waals surface area contributed by atoms with E-state index in [0.717, 1.165) is 41.3 Å². The normalized spacial score (nSPS) is 22.3. The second kappa shape index (κ2) is 10.4. The van der Waals surface area contributed by atoms with Crippen LogP contribution < -0.4 is 4.74 Å². The summed E-state index contributed by atoms with van der Waals surface area (Å²) in [5.74, 6) is 0.876. The molecule has 2 aliphatic rings. The van der Waals surface area contributed by atoms with Gasteiger partial charge in [-0.05, 0) is 62.8 Å². The summed E-state index contributed by atoms with van der Waals surface area (Å²) in [4.78, 5) is 29.7. The number of amides is 2. The molecular weight excluding hydrogens is 428 g/mol. The molecule has 2 amide bonds. The number of carbonyl (C=O) groups excluding carboxylic acids is 2. The predicted octanol–water partition coefficient (Wildman–Crippen LogP) is 3.97. The van der Waals surface area contributed by atoms with Gasteiger partial charge in [0.05, 0.1) is 12.7 Å². The number of aryl methyl sites for hydroxylation is 2. The molecule has 0 radical (unpaired) electrons. The number of carbonyl (C=O) groups is 2. The first kappa shape index (κ1) is 24.8. The van der Waals surface area contributed by atoms with Crippen LogP contribution in [0.3, 0.4) is 0 Å². The third-order valence-electron chi connectivity index (χ3n) is 6.77. The number of hydrogen-bond acceptors (Lipinski definition) is 4. The Morgan fingerprint density at radius 3 is 2.38 bits per heavy atom. The number of aliphatic hydroxyl groups is 1. The van der Waals surface area contributed by atoms with E-state index in [2.05, 4.69) is 0 Å². The molecule has 3 rings (SSSR count). The molecule has 32 heavy (non-hydrogen) atoms. The third kappa shape index (κ3) is 5.96. The number of halogens is 1. The Hall–Kier alpha value is -1.79. The van der Waals surface area contributed by atoms with Crippen molar-refractivity contribution in [2.45, 2.75) is 65.9 Å². The number of nitrogens with zero attached hydrogens (tertiary/aromatic N) is 2. The van der Waals surface area contributed by atoms with Crippen molar-refractivity contribution in [2.24, 2.45) is 11.3 Å². The standard InChI is InChI=1S/C25H37ClN2O4/c1-17(2)24(31)28-9-5-8-25(15-28,14-22(30)27-10-6-20(29)7-11-27)16-32-21-12-18(3)23(26)19(4)13-21/h12-13,17,20,29H,5-11,14-16H2,1-4H3. The molecule has 178 valence electrons. The summed E-state index contributed by atoms with van der Waals surface area (Å²) in [7, 11) is 0. The van der Waals surface area contributed by atoms with E-state index in [4.69, 9.17) is 16.3 Å². The van der Waals surface area contributed by atoms with E-state index in [1.807, 2.05) is 49.6 Å². The van der Waals surface area contributed by atoms with Crippen LogP contribution in [0.1, 0.15) is 57.1 Å². The number of rotatable bonds is 6. The van der Waals surface area contributed by atoms with E-state index in [9.17, 15) is 14.7 Å². The van der Waals surface area contributed by atoms with E-state index >= 15 is 0 Å². The van der Waals surface area contributed by atoms with Gasteiger partial charge in [-0.2, -0.15) is 0 Å². The predicted molar refractivity (Wildman–Crippen MR) is 126 cm³/mol. The van der Waals surface area contributed by atoms with Crippen LogP contribution in [-0.4, -0.2) is 65.6 Å². The van der Waals surface area contributed by atoms with Crippen molar-refractivity contribution in [3.63, 3.8) is 0 Å². The topological polar surface area (TPSA) is 70.1 Å². The van der Waals surface area contributed by atoms with Gasteiger partial charge in [-0.3, -0.25) is 9.59 Å². The lowest BCUT2D eigenvalue weighted by Crippen LogP contribution is -2.52. The van der Waals surface area contributed by atoms with E-state index in [0.29, 0.717) is 45.5 Å². The van der Waals surface area contributed by atoms with Crippen molar-refractivity contribution in [3.05, 3.63) is 28.3 Å². The molecule has 2 aliphatic heterocycles. The molecule has 6 nitrogen and oxygen atoms in total. The average molecular weight is 465 g/mol. The summed E-state index contributed by atoms with van der Waals surface area (Å²) < 4.78 is 6.25. The number of ether oxygens (including phenoxy) is 1. The maximum absolute atomic E-state index is 13.2. The van der Waals surface area contributed by atoms with Crippen LogP contribution in [0.25, 0.3) is 0 Å². The van der Waals surface area contributed by atoms with E-state index in [1.165, 1.54) is 0 Å². The molecule has 1 aromatic carbocycles. The van der Waals surface area contributed by atoms with Crippen LogP contribution in [0.2, 0.25) is 5.02 Å². The van der Waals surface area contributed by atoms with Crippen LogP contribution in [0.5, 0.6) is 5.75 Å². The monoisotopic (exact) mass is 464 g/mol. The highest BCUT2D eigenvalue weighted by atomic mass is 35.5. The Labute approximate surface area is 196 Å². The third-order valence-corrected chi connectivity index (χ3v) is 7.36. The van der Waals surface area contributed by atoms with Gasteiger partial charge in [0.1, 0.15) is 5.75 Å². The van der Waals surface area contributed by atoms with Crippen molar-refractivity contribution < 1.29 is 19.4 Å². The van der Waals surface area contributed by atoms with Gasteiger partial charge >= 0.3 is 0 Å². The number of benzene rings is 1. The molecule has 0 aliphatic carbocycles. The van der Waals surface area contributed by atoms with Gasteiger partial charge in [0.15, 0.2) is 0 Å². The van der Waals surface area contributed by atoms with Gasteiger partial charge in [-0.1, -0.05) is 25.4 Å². The molecule has 7 heteroatoms. The zero-order chi connectivity index (χ0) is 23.5. The lowest BCUT2D eigenvalue weighted by atomic mass is 9.77. The van der Waals surface area contributed by atoms with Crippen LogP contribution in [-0.2, 0) is 9.59 Å². The fourth-order valence-electron chi connectivity index (χ4n) is 4.85. The lowest BCUT2D eigenvalue weighted by Gasteiger charge is -2.44. The zero-order valence-electron chi connectivity index (χ0n) is 19.8. The maximum atomic E-state index is 13.2. The maximum Gasteiger partial charge on any atom is 0.225 e. The minimum absolute atomic E-state index is 0.0763. The first-order valence-electron chi connectivity index (χ1n) is 11.7. The van der Waals surface area contributed by atoms with Crippen LogP contribution in [0, 0.1) is 25.2 Å². The van der Waals surface area contributed by atoms with Crippen molar-refractivity contribution in [1.82, 2.24) is 9.80 Å². The molecule has 1 aromatic rings. The molecule has 0 bridgehead atoms. The summed E-state index contributed by atoms with van der Waals surface area (Å²) in [6, 6.07) is 3.85. The molecule has 1 unspecified atom stereocenters. The van der Waals surface area contributed by atoms with Gasteiger partial charge < -0.3 is 19.6 Å². The molecular formula is C25H37ClN2O4. The van der Waals surface area contributed by atoms with Gasteiger partial charge in [-0.25, -0.2) is 0 Å². The first-order chi connectivity index (χ1) is 15.1. The van der Waals surface area contributed by atoms with Gasteiger partial charge in [0.25, 0.3) is 0 Å². The molecule has 1 N–H and O–H groups in total.